The molecule has 2 N–H and O–H groups in total. The summed E-state index contributed by atoms with van der Waals surface area (Å²) in [6, 6.07) is 9.28. The van der Waals surface area contributed by atoms with Crippen LogP contribution in [0.4, 0.5) is 5.69 Å². The number of nitriles is 1. The molecule has 2 aliphatic rings. The highest BCUT2D eigenvalue weighted by atomic mass is 16.5. The van der Waals surface area contributed by atoms with Crippen LogP contribution in [0.5, 0.6) is 0 Å². The highest BCUT2D eigenvalue weighted by Crippen LogP contribution is 2.40. The first-order valence-corrected chi connectivity index (χ1v) is 8.83. The van der Waals surface area contributed by atoms with E-state index in [0.29, 0.717) is 24.3 Å². The maximum atomic E-state index is 12.5. The molecule has 0 radical (unpaired) electrons. The summed E-state index contributed by atoms with van der Waals surface area (Å²) in [6.45, 7) is 4.24. The van der Waals surface area contributed by atoms with Crippen LogP contribution in [0.25, 0.3) is 0 Å². The van der Waals surface area contributed by atoms with Gasteiger partial charge in [0.25, 0.3) is 0 Å². The molecule has 0 saturated carbocycles. The largest absolute Gasteiger partial charge is 0.463 e. The molecular weight excluding hydrogens is 346 g/mol. The van der Waals surface area contributed by atoms with Crippen LogP contribution in [0, 0.1) is 11.3 Å². The number of hydrogen-bond donors (Lipinski definition) is 1. The molecule has 1 atom stereocenters. The minimum absolute atomic E-state index is 0.0214. The van der Waals surface area contributed by atoms with E-state index in [-0.39, 0.29) is 29.5 Å². The van der Waals surface area contributed by atoms with Crippen LogP contribution in [0.3, 0.4) is 0 Å². The van der Waals surface area contributed by atoms with E-state index < -0.39 is 11.9 Å². The Morgan fingerprint density at radius 3 is 2.67 bits per heavy atom. The second-order valence-electron chi connectivity index (χ2n) is 6.36. The van der Waals surface area contributed by atoms with Gasteiger partial charge in [-0.2, -0.15) is 5.26 Å². The minimum atomic E-state index is -0.675. The fraction of sp³-hybridized carbons (Fsp3) is 0.350. The first-order chi connectivity index (χ1) is 13.0. The summed E-state index contributed by atoms with van der Waals surface area (Å²) >= 11 is 0. The second-order valence-corrected chi connectivity index (χ2v) is 6.36. The van der Waals surface area contributed by atoms with Crippen molar-refractivity contribution in [2.24, 2.45) is 5.73 Å². The van der Waals surface area contributed by atoms with Gasteiger partial charge in [-0.3, -0.25) is 4.79 Å². The molecule has 0 spiro atoms. The summed E-state index contributed by atoms with van der Waals surface area (Å²) in [6.07, 6.45) is 1.39. The lowest BCUT2D eigenvalue weighted by Gasteiger charge is -2.27. The van der Waals surface area contributed by atoms with Crippen molar-refractivity contribution in [3.63, 3.8) is 0 Å². The SMILES string of the molecule is CCOC(=O)C1=C(C)OC(N)=C(C#N)C1c1ccc(N2CCCC2=O)cc1. The zero-order chi connectivity index (χ0) is 19.6. The molecule has 7 heteroatoms. The van der Waals surface area contributed by atoms with E-state index in [0.717, 1.165) is 12.1 Å². The van der Waals surface area contributed by atoms with Crippen LogP contribution in [-0.2, 0) is 19.1 Å². The van der Waals surface area contributed by atoms with Crippen molar-refractivity contribution in [1.82, 2.24) is 0 Å². The number of carbonyl (C=O) groups is 2. The Kier molecular flexibility index (Phi) is 5.17. The van der Waals surface area contributed by atoms with E-state index in [2.05, 4.69) is 0 Å². The van der Waals surface area contributed by atoms with Gasteiger partial charge in [-0.1, -0.05) is 12.1 Å². The number of carbonyl (C=O) groups excluding carboxylic acids is 2. The van der Waals surface area contributed by atoms with Crippen molar-refractivity contribution < 1.29 is 19.1 Å². The van der Waals surface area contributed by atoms with Crippen LogP contribution in [0.2, 0.25) is 0 Å². The van der Waals surface area contributed by atoms with Crippen molar-refractivity contribution >= 4 is 17.6 Å². The number of ether oxygens (including phenoxy) is 2. The molecule has 1 aromatic rings. The first-order valence-electron chi connectivity index (χ1n) is 8.83. The van der Waals surface area contributed by atoms with Crippen LogP contribution in [0.1, 0.15) is 38.2 Å². The topological polar surface area (TPSA) is 106 Å². The number of hydrogen-bond acceptors (Lipinski definition) is 6. The molecule has 7 nitrogen and oxygen atoms in total. The summed E-state index contributed by atoms with van der Waals surface area (Å²) in [4.78, 5) is 26.2. The predicted octanol–water partition coefficient (Wildman–Crippen LogP) is 2.46. The first kappa shape index (κ1) is 18.5. The van der Waals surface area contributed by atoms with E-state index in [1.54, 1.807) is 30.9 Å². The Labute approximate surface area is 157 Å². The maximum Gasteiger partial charge on any atom is 0.338 e. The highest BCUT2D eigenvalue weighted by molar-refractivity contribution is 5.95. The average Bonchev–Trinajstić information content (AvgIpc) is 3.07. The number of nitrogens with two attached hydrogens (primary N) is 1. The van der Waals surface area contributed by atoms with Gasteiger partial charge in [-0.25, -0.2) is 4.79 Å². The van der Waals surface area contributed by atoms with Crippen molar-refractivity contribution in [3.05, 3.63) is 52.6 Å². The zero-order valence-corrected chi connectivity index (χ0v) is 15.3. The Bertz CT molecular complexity index is 877. The number of rotatable bonds is 4. The molecule has 2 heterocycles. The molecule has 1 saturated heterocycles. The smallest absolute Gasteiger partial charge is 0.338 e. The highest BCUT2D eigenvalue weighted by Gasteiger charge is 2.36. The van der Waals surface area contributed by atoms with E-state index in [4.69, 9.17) is 15.2 Å². The summed E-state index contributed by atoms with van der Waals surface area (Å²) in [5.74, 6) is -0.829. The molecule has 2 aliphatic heterocycles. The number of allylic oxidation sites excluding steroid dienone is 2. The predicted molar refractivity (Wildman–Crippen MR) is 98.0 cm³/mol. The van der Waals surface area contributed by atoms with Gasteiger partial charge in [0.15, 0.2) is 0 Å². The number of anilines is 1. The van der Waals surface area contributed by atoms with Gasteiger partial charge in [0, 0.05) is 18.7 Å². The van der Waals surface area contributed by atoms with Gasteiger partial charge < -0.3 is 20.1 Å². The average molecular weight is 367 g/mol. The second kappa shape index (κ2) is 7.54. The number of benzene rings is 1. The molecule has 140 valence electrons. The molecule has 1 aromatic carbocycles. The molecule has 0 bridgehead atoms. The Morgan fingerprint density at radius 2 is 2.11 bits per heavy atom. The van der Waals surface area contributed by atoms with E-state index in [9.17, 15) is 14.9 Å². The van der Waals surface area contributed by atoms with Gasteiger partial charge in [0.2, 0.25) is 11.8 Å². The van der Waals surface area contributed by atoms with Gasteiger partial charge in [-0.15, -0.1) is 0 Å². The third-order valence-corrected chi connectivity index (χ3v) is 4.71. The molecule has 3 rings (SSSR count). The fourth-order valence-electron chi connectivity index (χ4n) is 3.46. The Hall–Kier alpha value is -3.27. The monoisotopic (exact) mass is 367 g/mol. The van der Waals surface area contributed by atoms with Crippen molar-refractivity contribution in [3.8, 4) is 6.07 Å². The quantitative estimate of drug-likeness (QED) is 0.820. The number of amides is 1. The van der Waals surface area contributed by atoms with Gasteiger partial charge >= 0.3 is 5.97 Å². The Morgan fingerprint density at radius 1 is 1.41 bits per heavy atom. The minimum Gasteiger partial charge on any atom is -0.463 e. The van der Waals surface area contributed by atoms with Crippen LogP contribution in [-0.4, -0.2) is 25.0 Å². The third-order valence-electron chi connectivity index (χ3n) is 4.71. The lowest BCUT2D eigenvalue weighted by molar-refractivity contribution is -0.139. The molecule has 27 heavy (non-hydrogen) atoms. The third kappa shape index (κ3) is 3.38. The van der Waals surface area contributed by atoms with Gasteiger partial charge in [0.05, 0.1) is 18.1 Å². The molecule has 0 aliphatic carbocycles. The molecule has 1 amide bonds. The molecule has 1 fully saturated rings. The zero-order valence-electron chi connectivity index (χ0n) is 15.3. The standard InChI is InChI=1S/C20H21N3O4/c1-3-26-20(25)17-12(2)27-19(22)15(11-21)18(17)13-6-8-14(9-7-13)23-10-4-5-16(23)24/h6-9,18H,3-5,10,22H2,1-2H3. The van der Waals surface area contributed by atoms with Crippen LogP contribution >= 0.6 is 0 Å². The summed E-state index contributed by atoms with van der Waals surface area (Å²) in [7, 11) is 0. The van der Waals surface area contributed by atoms with Crippen LogP contribution < -0.4 is 10.6 Å². The van der Waals surface area contributed by atoms with Gasteiger partial charge in [-0.05, 0) is 38.0 Å². The van der Waals surface area contributed by atoms with E-state index in [1.165, 1.54) is 0 Å². The summed E-state index contributed by atoms with van der Waals surface area (Å²) in [5.41, 5.74) is 7.80. The number of nitrogens with zero attached hydrogens (tertiary/aromatic N) is 2. The fourth-order valence-corrected chi connectivity index (χ4v) is 3.46. The summed E-state index contributed by atoms with van der Waals surface area (Å²) < 4.78 is 10.5. The molecule has 1 unspecified atom stereocenters. The van der Waals surface area contributed by atoms with E-state index in [1.807, 2.05) is 18.2 Å². The maximum absolute atomic E-state index is 12.5. The normalized spacial score (nSPS) is 19.8. The van der Waals surface area contributed by atoms with Crippen molar-refractivity contribution in [2.45, 2.75) is 32.6 Å². The van der Waals surface area contributed by atoms with Crippen LogP contribution in [0.15, 0.2) is 47.1 Å². The summed E-state index contributed by atoms with van der Waals surface area (Å²) in [5, 5.41) is 9.58. The molecular formula is C20H21N3O4. The number of esters is 1. The van der Waals surface area contributed by atoms with Crippen molar-refractivity contribution in [2.75, 3.05) is 18.1 Å². The van der Waals surface area contributed by atoms with Crippen molar-refractivity contribution in [1.29, 1.82) is 5.26 Å². The Balaban J connectivity index is 2.01. The van der Waals surface area contributed by atoms with Gasteiger partial charge in [0.1, 0.15) is 17.4 Å². The lowest BCUT2D eigenvalue weighted by Crippen LogP contribution is -2.26. The lowest BCUT2D eigenvalue weighted by atomic mass is 9.83. The molecule has 0 aromatic heterocycles. The van der Waals surface area contributed by atoms with E-state index >= 15 is 0 Å².